The SMILES string of the molecule is N=CN.[B]=CC. The van der Waals surface area contributed by atoms with Crippen molar-refractivity contribution in [3.8, 4) is 0 Å². The van der Waals surface area contributed by atoms with E-state index in [1.165, 1.54) is 5.97 Å². The number of rotatable bonds is 0. The van der Waals surface area contributed by atoms with Crippen molar-refractivity contribution >= 4 is 19.8 Å². The van der Waals surface area contributed by atoms with E-state index in [-0.39, 0.29) is 0 Å². The minimum absolute atomic E-state index is 0.750. The predicted molar refractivity (Wildman–Crippen MR) is 30.5 cm³/mol. The molecule has 2 nitrogen and oxygen atoms in total. The van der Waals surface area contributed by atoms with Gasteiger partial charge in [0.15, 0.2) is 0 Å². The summed E-state index contributed by atoms with van der Waals surface area (Å²) in [7, 11) is 4.72. The van der Waals surface area contributed by atoms with Crippen LogP contribution >= 0.6 is 0 Å². The Kier molecular flexibility index (Phi) is 39.0. The third-order valence-electron chi connectivity index (χ3n) is 0. The first kappa shape index (κ1) is 9.05. The Labute approximate surface area is 38.9 Å². The van der Waals surface area contributed by atoms with Gasteiger partial charge in [-0.05, 0) is 0 Å². The second-order valence-corrected chi connectivity index (χ2v) is 0.500. The van der Waals surface area contributed by atoms with E-state index in [9.17, 15) is 0 Å². The van der Waals surface area contributed by atoms with Crippen LogP contribution in [0.15, 0.2) is 0 Å². The van der Waals surface area contributed by atoms with Crippen LogP contribution in [0, 0.1) is 5.41 Å². The van der Waals surface area contributed by atoms with Crippen molar-refractivity contribution in [3.05, 3.63) is 0 Å². The van der Waals surface area contributed by atoms with Gasteiger partial charge in [-0.2, -0.15) is 0 Å². The van der Waals surface area contributed by atoms with Crippen LogP contribution in [0.2, 0.25) is 0 Å². The zero-order valence-corrected chi connectivity index (χ0v) is 3.81. The van der Waals surface area contributed by atoms with Gasteiger partial charge in [-0.15, -0.1) is 0 Å². The monoisotopic (exact) mass is 83.1 g/mol. The van der Waals surface area contributed by atoms with Crippen molar-refractivity contribution in [2.45, 2.75) is 6.92 Å². The molecule has 0 atom stereocenters. The van der Waals surface area contributed by atoms with Crippen LogP contribution in [0.4, 0.5) is 0 Å². The van der Waals surface area contributed by atoms with Gasteiger partial charge in [0.2, 0.25) is 0 Å². The van der Waals surface area contributed by atoms with E-state index in [2.05, 4.69) is 5.73 Å². The first-order valence-corrected chi connectivity index (χ1v) is 1.53. The molecule has 0 saturated heterocycles. The van der Waals surface area contributed by atoms with Crippen LogP contribution in [0.25, 0.3) is 0 Å². The molecule has 6 heavy (non-hydrogen) atoms. The molecule has 33 valence electrons. The minimum atomic E-state index is 0.750. The molecule has 0 aliphatic carbocycles. The van der Waals surface area contributed by atoms with Crippen LogP contribution in [0.5, 0.6) is 0 Å². The van der Waals surface area contributed by atoms with E-state index in [1.807, 2.05) is 0 Å². The fourth-order valence-corrected chi connectivity index (χ4v) is 0. The summed E-state index contributed by atoms with van der Waals surface area (Å²) in [5.41, 5.74) is 4.39. The Morgan fingerprint density at radius 3 is 1.83 bits per heavy atom. The van der Waals surface area contributed by atoms with Crippen molar-refractivity contribution in [2.24, 2.45) is 5.73 Å². The summed E-state index contributed by atoms with van der Waals surface area (Å²) >= 11 is 0. The molecule has 0 aromatic carbocycles. The summed E-state index contributed by atoms with van der Waals surface area (Å²) in [6.07, 6.45) is 0.750. The Morgan fingerprint density at radius 2 is 1.83 bits per heavy atom. The third kappa shape index (κ3) is 55.6. The van der Waals surface area contributed by atoms with E-state index in [1.54, 1.807) is 6.92 Å². The van der Waals surface area contributed by atoms with Gasteiger partial charge in [0.25, 0.3) is 0 Å². The molecule has 0 aliphatic rings. The van der Waals surface area contributed by atoms with Gasteiger partial charge in [-0.3, -0.25) is 5.41 Å². The second-order valence-electron chi connectivity index (χ2n) is 0.500. The molecule has 0 bridgehead atoms. The molecule has 3 N–H and O–H groups in total. The number of nitrogens with one attached hydrogen (secondary N) is 1. The summed E-state index contributed by atoms with van der Waals surface area (Å²) < 4.78 is 0. The molecule has 0 saturated carbocycles. The van der Waals surface area contributed by atoms with E-state index in [4.69, 9.17) is 12.9 Å². The zero-order valence-electron chi connectivity index (χ0n) is 3.81. The molecule has 0 aromatic heterocycles. The fourth-order valence-electron chi connectivity index (χ4n) is 0. The molecule has 0 unspecified atom stereocenters. The van der Waals surface area contributed by atoms with Gasteiger partial charge in [0.1, 0.15) is 0 Å². The first-order chi connectivity index (χ1) is 2.83. The van der Waals surface area contributed by atoms with Crippen LogP contribution in [-0.2, 0) is 0 Å². The summed E-state index contributed by atoms with van der Waals surface area (Å²) in [6.45, 7) is 1.78. The summed E-state index contributed by atoms with van der Waals surface area (Å²) in [6, 6.07) is 0. The summed E-state index contributed by atoms with van der Waals surface area (Å²) in [5.74, 6) is 1.50. The molecule has 0 fully saturated rings. The molecular weight excluding hydrogens is 74.9 g/mol. The normalized spacial score (nSPS) is 4.00. The molecule has 0 aromatic rings. The van der Waals surface area contributed by atoms with Gasteiger partial charge < -0.3 is 5.73 Å². The van der Waals surface area contributed by atoms with Crippen molar-refractivity contribution in [1.29, 1.82) is 5.41 Å². The van der Waals surface area contributed by atoms with E-state index in [0.717, 1.165) is 6.34 Å². The Hall–Kier alpha value is -0.595. The van der Waals surface area contributed by atoms with Gasteiger partial charge in [-0.1, -0.05) is 0 Å². The second kappa shape index (κ2) is 25.9. The van der Waals surface area contributed by atoms with Gasteiger partial charge >= 0.3 is 20.4 Å². The molecule has 1 radical (unpaired) electrons. The van der Waals surface area contributed by atoms with Crippen molar-refractivity contribution in [3.63, 3.8) is 0 Å². The Bertz CT molecular complexity index is 29.8. The van der Waals surface area contributed by atoms with Crippen LogP contribution in [0.3, 0.4) is 0 Å². The molecule has 0 heterocycles. The molecule has 0 aliphatic heterocycles. The van der Waals surface area contributed by atoms with Gasteiger partial charge in [0, 0.05) is 0 Å². The maximum absolute atomic E-state index is 5.86. The average Bonchev–Trinajstić information content (AvgIpc) is 1.39. The average molecular weight is 82.9 g/mol. The fraction of sp³-hybridized carbons (Fsp3) is 0.333. The summed E-state index contributed by atoms with van der Waals surface area (Å²) in [5, 5.41) is 5.86. The van der Waals surface area contributed by atoms with E-state index >= 15 is 0 Å². The van der Waals surface area contributed by atoms with E-state index < -0.39 is 0 Å². The van der Waals surface area contributed by atoms with Crippen molar-refractivity contribution < 1.29 is 0 Å². The number of hydrogen-bond acceptors (Lipinski definition) is 1. The molecular formula is C3H8BN2. The molecule has 3 heteroatoms. The van der Waals surface area contributed by atoms with Crippen LogP contribution < -0.4 is 5.73 Å². The van der Waals surface area contributed by atoms with Gasteiger partial charge in [0.05, 0.1) is 6.34 Å². The third-order valence-corrected chi connectivity index (χ3v) is 0. The van der Waals surface area contributed by atoms with Crippen molar-refractivity contribution in [2.75, 3.05) is 0 Å². The first-order valence-electron chi connectivity index (χ1n) is 1.53. The number of hydrogen-bond donors (Lipinski definition) is 2. The number of nitrogens with two attached hydrogens (primary N) is 1. The Balaban J connectivity index is 0. The molecule has 0 spiro atoms. The Morgan fingerprint density at radius 1 is 1.83 bits per heavy atom. The van der Waals surface area contributed by atoms with Gasteiger partial charge in [-0.25, -0.2) is 0 Å². The zero-order chi connectivity index (χ0) is 5.41. The van der Waals surface area contributed by atoms with E-state index in [0.29, 0.717) is 0 Å². The molecule has 0 amide bonds. The quantitative estimate of drug-likeness (QED) is 0.232. The standard InChI is InChI=1S/C2H4B.CH4N2/c1-2-3;2-1-3/h2H,1H3;1H,(H3,2,3). The van der Waals surface area contributed by atoms with Crippen LogP contribution in [0.1, 0.15) is 6.92 Å². The van der Waals surface area contributed by atoms with Crippen molar-refractivity contribution in [1.82, 2.24) is 0 Å². The molecule has 0 rings (SSSR count). The maximum atomic E-state index is 5.86. The summed E-state index contributed by atoms with van der Waals surface area (Å²) in [4.78, 5) is 0. The van der Waals surface area contributed by atoms with Crippen LogP contribution in [-0.4, -0.2) is 19.8 Å². The topological polar surface area (TPSA) is 49.9 Å². The predicted octanol–water partition coefficient (Wildman–Crippen LogP) is -0.471.